The third kappa shape index (κ3) is 9.73. The summed E-state index contributed by atoms with van der Waals surface area (Å²) in [6.45, 7) is 11.4. The van der Waals surface area contributed by atoms with Gasteiger partial charge in [0.25, 0.3) is 0 Å². The van der Waals surface area contributed by atoms with E-state index in [1.807, 2.05) is 30.3 Å². The Kier molecular flexibility index (Phi) is 10.7. The van der Waals surface area contributed by atoms with E-state index in [-0.39, 0.29) is 24.4 Å². The highest BCUT2D eigenvalue weighted by Gasteiger charge is 2.34. The average molecular weight is 449 g/mol. The van der Waals surface area contributed by atoms with Crippen molar-refractivity contribution in [3.05, 3.63) is 35.9 Å². The van der Waals surface area contributed by atoms with E-state index in [0.29, 0.717) is 6.61 Å². The summed E-state index contributed by atoms with van der Waals surface area (Å²) in [6.07, 6.45) is -2.16. The Balaban J connectivity index is 2.96. The van der Waals surface area contributed by atoms with Gasteiger partial charge in [0, 0.05) is 19.3 Å². The molecule has 1 rings (SSSR count). The summed E-state index contributed by atoms with van der Waals surface area (Å²) < 4.78 is 16.6. The second-order valence-corrected chi connectivity index (χ2v) is 9.16. The zero-order valence-electron chi connectivity index (χ0n) is 20.2. The largest absolute Gasteiger partial charge is 0.459 e. The molecule has 0 radical (unpaired) electrons. The Morgan fingerprint density at radius 1 is 0.938 bits per heavy atom. The second kappa shape index (κ2) is 12.5. The second-order valence-electron chi connectivity index (χ2n) is 9.16. The molecule has 0 spiro atoms. The van der Waals surface area contributed by atoms with Crippen molar-refractivity contribution in [2.45, 2.75) is 86.2 Å². The summed E-state index contributed by atoms with van der Waals surface area (Å²) in [7, 11) is 0. The van der Waals surface area contributed by atoms with Crippen LogP contribution in [0.15, 0.2) is 30.3 Å². The zero-order chi connectivity index (χ0) is 24.5. The van der Waals surface area contributed by atoms with Gasteiger partial charge in [-0.15, -0.1) is 0 Å². The molecular weight excluding hydrogens is 412 g/mol. The predicted molar refractivity (Wildman–Crippen MR) is 120 cm³/mol. The van der Waals surface area contributed by atoms with Crippen molar-refractivity contribution in [1.29, 1.82) is 0 Å². The molecular formula is C25H36O7. The van der Waals surface area contributed by atoms with Crippen LogP contribution in [0.5, 0.6) is 0 Å². The molecule has 0 fully saturated rings. The van der Waals surface area contributed by atoms with Crippen molar-refractivity contribution >= 4 is 23.5 Å². The fourth-order valence-corrected chi connectivity index (χ4v) is 2.96. The number of carbonyl (C=O) groups is 4. The molecule has 178 valence electrons. The van der Waals surface area contributed by atoms with Gasteiger partial charge in [-0.25, -0.2) is 0 Å². The molecule has 0 heterocycles. The van der Waals surface area contributed by atoms with E-state index >= 15 is 0 Å². The van der Waals surface area contributed by atoms with E-state index in [4.69, 9.17) is 14.2 Å². The summed E-state index contributed by atoms with van der Waals surface area (Å²) in [5.74, 6) is -2.25. The van der Waals surface area contributed by atoms with Crippen LogP contribution in [-0.2, 0) is 40.0 Å². The fourth-order valence-electron chi connectivity index (χ4n) is 2.96. The molecule has 1 aromatic rings. The van der Waals surface area contributed by atoms with Crippen molar-refractivity contribution in [3.8, 4) is 0 Å². The molecule has 7 nitrogen and oxygen atoms in total. The lowest BCUT2D eigenvalue weighted by Gasteiger charge is -2.30. The molecule has 0 bridgehead atoms. The summed E-state index contributed by atoms with van der Waals surface area (Å²) in [6, 6.07) is 9.57. The first-order valence-corrected chi connectivity index (χ1v) is 10.9. The van der Waals surface area contributed by atoms with E-state index in [2.05, 4.69) is 0 Å². The smallest absolute Gasteiger partial charge is 0.311 e. The number of benzene rings is 1. The van der Waals surface area contributed by atoms with Gasteiger partial charge in [0.2, 0.25) is 0 Å². The third-order valence-corrected chi connectivity index (χ3v) is 5.09. The number of carbonyl (C=O) groups excluding carboxylic acids is 4. The first-order valence-electron chi connectivity index (χ1n) is 10.9. The molecule has 0 unspecified atom stereocenters. The highest BCUT2D eigenvalue weighted by Crippen LogP contribution is 2.25. The maximum absolute atomic E-state index is 12.6. The minimum atomic E-state index is -0.948. The van der Waals surface area contributed by atoms with Gasteiger partial charge in [-0.1, -0.05) is 30.3 Å². The number of esters is 2. The molecule has 4 atom stereocenters. The Morgan fingerprint density at radius 3 is 2.03 bits per heavy atom. The number of ether oxygens (including phenoxy) is 3. The quantitative estimate of drug-likeness (QED) is 0.445. The van der Waals surface area contributed by atoms with Crippen LogP contribution in [0.4, 0.5) is 0 Å². The molecule has 0 saturated heterocycles. The van der Waals surface area contributed by atoms with E-state index in [1.54, 1.807) is 27.7 Å². The first kappa shape index (κ1) is 27.5. The minimum absolute atomic E-state index is 0.112. The van der Waals surface area contributed by atoms with Gasteiger partial charge in [0.1, 0.15) is 11.9 Å². The standard InChI is InChI=1S/C25H36O7/c1-16(26)21(13-22(28)17(2)31-19(4)27)14-23(32-24(29)25(5,6)7)18(3)30-15-20-11-9-8-10-12-20/h8-12,17-18,21,23H,13-15H2,1-7H3/t17-,18-,21+,23-/m0/s1. The molecule has 0 aliphatic carbocycles. The Labute approximate surface area is 190 Å². The van der Waals surface area contributed by atoms with Gasteiger partial charge in [0.05, 0.1) is 18.1 Å². The van der Waals surface area contributed by atoms with Gasteiger partial charge in [-0.05, 0) is 53.5 Å². The Bertz CT molecular complexity index is 779. The average Bonchev–Trinajstić information content (AvgIpc) is 2.69. The van der Waals surface area contributed by atoms with E-state index < -0.39 is 41.6 Å². The van der Waals surface area contributed by atoms with Crippen LogP contribution >= 0.6 is 0 Å². The van der Waals surface area contributed by atoms with Crippen LogP contribution in [0.25, 0.3) is 0 Å². The topological polar surface area (TPSA) is 96.0 Å². The SMILES string of the molecule is CC(=O)O[C@@H](C)C(=O)C[C@H](C[C@H](OC(=O)C(C)(C)C)[C@H](C)OCc1ccccc1)C(C)=O. The summed E-state index contributed by atoms with van der Waals surface area (Å²) in [4.78, 5) is 48.5. The van der Waals surface area contributed by atoms with Crippen molar-refractivity contribution in [2.75, 3.05) is 0 Å². The van der Waals surface area contributed by atoms with Crippen molar-refractivity contribution in [2.24, 2.45) is 11.3 Å². The normalized spacial score (nSPS) is 15.2. The summed E-state index contributed by atoms with van der Waals surface area (Å²) >= 11 is 0. The van der Waals surface area contributed by atoms with Crippen LogP contribution < -0.4 is 0 Å². The maximum atomic E-state index is 12.6. The van der Waals surface area contributed by atoms with E-state index in [1.165, 1.54) is 20.8 Å². The van der Waals surface area contributed by atoms with Gasteiger partial charge < -0.3 is 14.2 Å². The van der Waals surface area contributed by atoms with Crippen LogP contribution in [0.1, 0.15) is 66.9 Å². The van der Waals surface area contributed by atoms with Gasteiger partial charge >= 0.3 is 11.9 Å². The summed E-state index contributed by atoms with van der Waals surface area (Å²) in [5, 5.41) is 0. The molecule has 0 saturated carbocycles. The van der Waals surface area contributed by atoms with E-state index in [9.17, 15) is 19.2 Å². The zero-order valence-corrected chi connectivity index (χ0v) is 20.2. The maximum Gasteiger partial charge on any atom is 0.311 e. The lowest BCUT2D eigenvalue weighted by Crippen LogP contribution is -2.38. The molecule has 1 aromatic carbocycles. The molecule has 0 aromatic heterocycles. The molecule has 7 heteroatoms. The Hall–Kier alpha value is -2.54. The monoisotopic (exact) mass is 448 g/mol. The molecule has 0 aliphatic heterocycles. The van der Waals surface area contributed by atoms with E-state index in [0.717, 1.165) is 5.56 Å². The third-order valence-electron chi connectivity index (χ3n) is 5.09. The van der Waals surface area contributed by atoms with Crippen LogP contribution in [-0.4, -0.2) is 41.8 Å². The molecule has 32 heavy (non-hydrogen) atoms. The van der Waals surface area contributed by atoms with Gasteiger partial charge in [-0.2, -0.15) is 0 Å². The van der Waals surface area contributed by atoms with Crippen LogP contribution in [0.2, 0.25) is 0 Å². The predicted octanol–water partition coefficient (Wildman–Crippen LogP) is 4.06. The van der Waals surface area contributed by atoms with Crippen LogP contribution in [0.3, 0.4) is 0 Å². The van der Waals surface area contributed by atoms with Gasteiger partial charge in [0.15, 0.2) is 11.9 Å². The summed E-state index contributed by atoms with van der Waals surface area (Å²) in [5.41, 5.74) is 0.233. The number of hydrogen-bond donors (Lipinski definition) is 0. The van der Waals surface area contributed by atoms with Crippen molar-refractivity contribution in [3.63, 3.8) is 0 Å². The fraction of sp³-hybridized carbons (Fsp3) is 0.600. The molecule has 0 aliphatic rings. The molecule has 0 N–H and O–H groups in total. The minimum Gasteiger partial charge on any atom is -0.459 e. The lowest BCUT2D eigenvalue weighted by molar-refractivity contribution is -0.169. The highest BCUT2D eigenvalue weighted by molar-refractivity contribution is 5.90. The number of ketones is 2. The number of Topliss-reactive ketones (excluding diaryl/α,β-unsaturated/α-hetero) is 2. The molecule has 0 amide bonds. The van der Waals surface area contributed by atoms with Gasteiger partial charge in [-0.3, -0.25) is 19.2 Å². The van der Waals surface area contributed by atoms with Crippen LogP contribution in [0, 0.1) is 11.3 Å². The van der Waals surface area contributed by atoms with Crippen molar-refractivity contribution < 1.29 is 33.4 Å². The number of rotatable bonds is 12. The highest BCUT2D eigenvalue weighted by atomic mass is 16.6. The Morgan fingerprint density at radius 2 is 1.53 bits per heavy atom. The first-order chi connectivity index (χ1) is 14.8. The van der Waals surface area contributed by atoms with Crippen molar-refractivity contribution in [1.82, 2.24) is 0 Å². The number of hydrogen-bond acceptors (Lipinski definition) is 7. The lowest BCUT2D eigenvalue weighted by atomic mass is 9.89.